The summed E-state index contributed by atoms with van der Waals surface area (Å²) in [6, 6.07) is 0. The van der Waals surface area contributed by atoms with Crippen LogP contribution in [0.25, 0.3) is 0 Å². The molecule has 0 spiro atoms. The van der Waals surface area contributed by atoms with Gasteiger partial charge >= 0.3 is 0 Å². The third kappa shape index (κ3) is 3.47. The van der Waals surface area contributed by atoms with Crippen LogP contribution < -0.4 is 0 Å². The van der Waals surface area contributed by atoms with Gasteiger partial charge in [-0.25, -0.2) is 4.98 Å². The molecule has 0 saturated heterocycles. The summed E-state index contributed by atoms with van der Waals surface area (Å²) in [6.45, 7) is 2.67. The molecule has 0 bridgehead atoms. The van der Waals surface area contributed by atoms with Gasteiger partial charge in [0.15, 0.2) is 0 Å². The Balaban J connectivity index is 2.20. The number of ether oxygens (including phenoxy) is 1. The maximum Gasteiger partial charge on any atom is 0.259 e. The van der Waals surface area contributed by atoms with Crippen LogP contribution in [0.2, 0.25) is 0 Å². The van der Waals surface area contributed by atoms with E-state index >= 15 is 0 Å². The second kappa shape index (κ2) is 7.00. The highest BCUT2D eigenvalue weighted by atomic mass is 16.5. The van der Waals surface area contributed by atoms with E-state index in [0.717, 1.165) is 5.69 Å². The number of H-pyrrole nitrogens is 1. The normalized spacial score (nSPS) is 10.8. The minimum absolute atomic E-state index is 0.163. The third-order valence-corrected chi connectivity index (χ3v) is 3.12. The van der Waals surface area contributed by atoms with Gasteiger partial charge in [0.1, 0.15) is 6.73 Å². The molecule has 2 N–H and O–H groups in total. The zero-order valence-electron chi connectivity index (χ0n) is 12.1. The second-order valence-electron chi connectivity index (χ2n) is 4.52. The predicted molar refractivity (Wildman–Crippen MR) is 74.1 cm³/mol. The SMILES string of the molecule is CCOCN(Cc1c(CO)ncn1C)C(=O)c1cn[nH]c1. The fourth-order valence-electron chi connectivity index (χ4n) is 1.95. The van der Waals surface area contributed by atoms with Crippen molar-refractivity contribution >= 4 is 5.91 Å². The first-order valence-corrected chi connectivity index (χ1v) is 6.63. The number of rotatable bonds is 7. The molecule has 0 aliphatic heterocycles. The van der Waals surface area contributed by atoms with Gasteiger partial charge in [0, 0.05) is 19.9 Å². The first kappa shape index (κ1) is 15.2. The number of nitrogens with zero attached hydrogens (tertiary/aromatic N) is 4. The highest BCUT2D eigenvalue weighted by molar-refractivity contribution is 5.93. The van der Waals surface area contributed by atoms with E-state index in [-0.39, 0.29) is 19.2 Å². The van der Waals surface area contributed by atoms with Crippen LogP contribution in [0.3, 0.4) is 0 Å². The number of hydrogen-bond acceptors (Lipinski definition) is 5. The lowest BCUT2D eigenvalue weighted by Gasteiger charge is -2.22. The van der Waals surface area contributed by atoms with Gasteiger partial charge in [-0.15, -0.1) is 0 Å². The smallest absolute Gasteiger partial charge is 0.259 e. The van der Waals surface area contributed by atoms with Crippen molar-refractivity contribution < 1.29 is 14.6 Å². The van der Waals surface area contributed by atoms with Crippen molar-refractivity contribution in [3.63, 3.8) is 0 Å². The van der Waals surface area contributed by atoms with E-state index in [1.165, 1.54) is 12.4 Å². The molecule has 0 radical (unpaired) electrons. The Morgan fingerprint density at radius 1 is 1.57 bits per heavy atom. The van der Waals surface area contributed by atoms with Crippen LogP contribution in [0.1, 0.15) is 28.7 Å². The minimum atomic E-state index is -0.192. The highest BCUT2D eigenvalue weighted by Crippen LogP contribution is 2.13. The summed E-state index contributed by atoms with van der Waals surface area (Å²) in [6.07, 6.45) is 4.62. The van der Waals surface area contributed by atoms with Gasteiger partial charge in [0.2, 0.25) is 0 Å². The number of imidazole rings is 1. The van der Waals surface area contributed by atoms with E-state index in [1.54, 1.807) is 15.8 Å². The molecule has 8 nitrogen and oxygen atoms in total. The standard InChI is InChI=1S/C13H19N5O3/c1-3-21-9-18(13(20)10-4-15-16-5-10)6-12-11(7-19)14-8-17(12)2/h4-5,8,19H,3,6-7,9H2,1-2H3,(H,15,16). The lowest BCUT2D eigenvalue weighted by atomic mass is 10.2. The molecule has 0 aliphatic rings. The zero-order chi connectivity index (χ0) is 15.2. The minimum Gasteiger partial charge on any atom is -0.390 e. The van der Waals surface area contributed by atoms with E-state index in [0.29, 0.717) is 24.4 Å². The molecule has 0 aromatic carbocycles. The van der Waals surface area contributed by atoms with Crippen LogP contribution in [0.5, 0.6) is 0 Å². The van der Waals surface area contributed by atoms with Crippen LogP contribution in [-0.2, 0) is 24.9 Å². The van der Waals surface area contributed by atoms with Crippen LogP contribution in [0.4, 0.5) is 0 Å². The Morgan fingerprint density at radius 2 is 2.38 bits per heavy atom. The second-order valence-corrected chi connectivity index (χ2v) is 4.52. The number of hydrogen-bond donors (Lipinski definition) is 2. The predicted octanol–water partition coefficient (Wildman–Crippen LogP) is 0.272. The number of aliphatic hydroxyl groups is 1. The Labute approximate surface area is 122 Å². The summed E-state index contributed by atoms with van der Waals surface area (Å²) in [5.41, 5.74) is 1.79. The molecule has 0 aliphatic carbocycles. The van der Waals surface area contributed by atoms with E-state index in [4.69, 9.17) is 4.74 Å². The third-order valence-electron chi connectivity index (χ3n) is 3.12. The van der Waals surface area contributed by atoms with Crippen molar-refractivity contribution in [1.29, 1.82) is 0 Å². The maximum absolute atomic E-state index is 12.4. The summed E-state index contributed by atoms with van der Waals surface area (Å²) < 4.78 is 7.14. The number of amides is 1. The number of nitrogens with one attached hydrogen (secondary N) is 1. The summed E-state index contributed by atoms with van der Waals surface area (Å²) in [4.78, 5) is 18.1. The van der Waals surface area contributed by atoms with E-state index < -0.39 is 0 Å². The van der Waals surface area contributed by atoms with Gasteiger partial charge in [-0.3, -0.25) is 9.89 Å². The Bertz CT molecular complexity index is 579. The van der Waals surface area contributed by atoms with Gasteiger partial charge in [-0.2, -0.15) is 5.10 Å². The molecule has 2 rings (SSSR count). The number of carbonyl (C=O) groups is 1. The van der Waals surface area contributed by atoms with Crippen LogP contribution in [0.15, 0.2) is 18.7 Å². The molecule has 2 aromatic heterocycles. The average molecular weight is 293 g/mol. The molecule has 2 heterocycles. The Kier molecular flexibility index (Phi) is 5.07. The molecule has 2 aromatic rings. The summed E-state index contributed by atoms with van der Waals surface area (Å²) >= 11 is 0. The Hall–Kier alpha value is -2.19. The van der Waals surface area contributed by atoms with Crippen molar-refractivity contribution in [3.8, 4) is 0 Å². The first-order chi connectivity index (χ1) is 10.2. The fourth-order valence-corrected chi connectivity index (χ4v) is 1.95. The van der Waals surface area contributed by atoms with Crippen molar-refractivity contribution in [1.82, 2.24) is 24.6 Å². The maximum atomic E-state index is 12.4. The van der Waals surface area contributed by atoms with Gasteiger partial charge in [0.05, 0.1) is 42.6 Å². The molecular weight excluding hydrogens is 274 g/mol. The number of aromatic nitrogens is 4. The van der Waals surface area contributed by atoms with Gasteiger partial charge in [-0.05, 0) is 6.92 Å². The van der Waals surface area contributed by atoms with Crippen molar-refractivity contribution in [2.45, 2.75) is 20.1 Å². The van der Waals surface area contributed by atoms with Crippen molar-refractivity contribution in [2.75, 3.05) is 13.3 Å². The van der Waals surface area contributed by atoms with Crippen LogP contribution in [0, 0.1) is 0 Å². The highest BCUT2D eigenvalue weighted by Gasteiger charge is 2.20. The Morgan fingerprint density at radius 3 is 3.00 bits per heavy atom. The number of carbonyl (C=O) groups excluding carboxylic acids is 1. The van der Waals surface area contributed by atoms with E-state index in [9.17, 15) is 9.90 Å². The van der Waals surface area contributed by atoms with Gasteiger partial charge < -0.3 is 19.3 Å². The number of aryl methyl sites for hydroxylation is 1. The van der Waals surface area contributed by atoms with Crippen molar-refractivity contribution in [2.24, 2.45) is 7.05 Å². The lowest BCUT2D eigenvalue weighted by Crippen LogP contribution is -2.33. The molecule has 0 atom stereocenters. The quantitative estimate of drug-likeness (QED) is 0.714. The molecule has 0 unspecified atom stereocenters. The lowest BCUT2D eigenvalue weighted by molar-refractivity contribution is 0.0243. The average Bonchev–Trinajstić information content (AvgIpc) is 3.13. The summed E-state index contributed by atoms with van der Waals surface area (Å²) in [7, 11) is 1.82. The molecule has 8 heteroatoms. The number of aliphatic hydroxyl groups excluding tert-OH is 1. The first-order valence-electron chi connectivity index (χ1n) is 6.63. The largest absolute Gasteiger partial charge is 0.390 e. The van der Waals surface area contributed by atoms with E-state index in [2.05, 4.69) is 15.2 Å². The van der Waals surface area contributed by atoms with Gasteiger partial charge in [0.25, 0.3) is 5.91 Å². The molecular formula is C13H19N5O3. The molecule has 1 amide bonds. The molecule has 0 saturated carbocycles. The van der Waals surface area contributed by atoms with Crippen molar-refractivity contribution in [3.05, 3.63) is 35.7 Å². The number of aromatic amines is 1. The molecule has 0 fully saturated rings. The summed E-state index contributed by atoms with van der Waals surface area (Å²) in [5, 5.41) is 15.7. The topological polar surface area (TPSA) is 96.3 Å². The van der Waals surface area contributed by atoms with Crippen LogP contribution >= 0.6 is 0 Å². The molecule has 114 valence electrons. The summed E-state index contributed by atoms with van der Waals surface area (Å²) in [5.74, 6) is -0.192. The molecule has 21 heavy (non-hydrogen) atoms. The van der Waals surface area contributed by atoms with Gasteiger partial charge in [-0.1, -0.05) is 0 Å². The van der Waals surface area contributed by atoms with Crippen LogP contribution in [-0.4, -0.2) is 49.0 Å². The van der Waals surface area contributed by atoms with E-state index in [1.807, 2.05) is 14.0 Å². The monoisotopic (exact) mass is 293 g/mol. The zero-order valence-corrected chi connectivity index (χ0v) is 12.1. The fraction of sp³-hybridized carbons (Fsp3) is 0.462.